The first kappa shape index (κ1) is 17.5. The fourth-order valence-electron chi connectivity index (χ4n) is 4.48. The van der Waals surface area contributed by atoms with Crippen LogP contribution in [0, 0.1) is 31.6 Å². The van der Waals surface area contributed by atoms with E-state index in [0.29, 0.717) is 0 Å². The molecule has 0 aliphatic heterocycles. The van der Waals surface area contributed by atoms with Crippen LogP contribution >= 0.6 is 0 Å². The molecule has 0 radical (unpaired) electrons. The fourth-order valence-corrected chi connectivity index (χ4v) is 4.48. The molecule has 0 amide bonds. The van der Waals surface area contributed by atoms with E-state index in [-0.39, 0.29) is 0 Å². The van der Waals surface area contributed by atoms with E-state index in [1.54, 1.807) is 11.1 Å². The summed E-state index contributed by atoms with van der Waals surface area (Å²) in [5.41, 5.74) is 6.16. The van der Waals surface area contributed by atoms with E-state index in [2.05, 4.69) is 57.2 Å². The highest BCUT2D eigenvalue weighted by Gasteiger charge is 2.22. The van der Waals surface area contributed by atoms with Gasteiger partial charge in [0.25, 0.3) is 0 Å². The van der Waals surface area contributed by atoms with Gasteiger partial charge in [0.05, 0.1) is 0 Å². The largest absolute Gasteiger partial charge is 0.0809 e. The first-order valence-corrected chi connectivity index (χ1v) is 10.1. The number of aryl methyl sites for hydroxylation is 1. The van der Waals surface area contributed by atoms with Gasteiger partial charge in [-0.05, 0) is 99.7 Å². The quantitative estimate of drug-likeness (QED) is 0.550. The van der Waals surface area contributed by atoms with Crippen LogP contribution in [0.15, 0.2) is 42.0 Å². The zero-order valence-corrected chi connectivity index (χ0v) is 15.9. The molecule has 2 aliphatic carbocycles. The van der Waals surface area contributed by atoms with Crippen molar-refractivity contribution in [3.63, 3.8) is 0 Å². The van der Waals surface area contributed by atoms with Crippen molar-refractivity contribution in [3.8, 4) is 0 Å². The molecule has 1 saturated carbocycles. The topological polar surface area (TPSA) is 0 Å². The molecule has 1 aromatic carbocycles. The maximum atomic E-state index is 2.51. The Morgan fingerprint density at radius 3 is 2.29 bits per heavy atom. The van der Waals surface area contributed by atoms with Gasteiger partial charge in [0.2, 0.25) is 0 Å². The molecule has 0 heterocycles. The molecule has 0 aromatic heterocycles. The predicted octanol–water partition coefficient (Wildman–Crippen LogP) is 6.95. The van der Waals surface area contributed by atoms with Gasteiger partial charge in [-0.25, -0.2) is 0 Å². The van der Waals surface area contributed by atoms with Crippen LogP contribution in [-0.2, 0) is 6.42 Å². The molecular formula is C24H34. The summed E-state index contributed by atoms with van der Waals surface area (Å²) in [6.07, 6.45) is 18.2. The van der Waals surface area contributed by atoms with E-state index in [1.165, 1.54) is 62.5 Å². The van der Waals surface area contributed by atoms with E-state index in [0.717, 1.165) is 17.8 Å². The normalized spacial score (nSPS) is 27.1. The van der Waals surface area contributed by atoms with Gasteiger partial charge in [-0.1, -0.05) is 48.9 Å². The maximum absolute atomic E-state index is 2.51. The number of rotatable bonds is 5. The lowest BCUT2D eigenvalue weighted by molar-refractivity contribution is 0.272. The number of allylic oxidation sites excluding steroid dienone is 4. The maximum Gasteiger partial charge on any atom is -0.0198 e. The lowest BCUT2D eigenvalue weighted by Crippen LogP contribution is -2.17. The smallest absolute Gasteiger partial charge is 0.0198 e. The Balaban J connectivity index is 1.47. The summed E-state index contributed by atoms with van der Waals surface area (Å²) in [5.74, 6) is 2.62. The van der Waals surface area contributed by atoms with Gasteiger partial charge in [0, 0.05) is 0 Å². The summed E-state index contributed by atoms with van der Waals surface area (Å²) < 4.78 is 0. The number of benzene rings is 1. The molecule has 3 rings (SSSR count). The van der Waals surface area contributed by atoms with Crippen LogP contribution in [0.4, 0.5) is 0 Å². The van der Waals surface area contributed by atoms with Gasteiger partial charge < -0.3 is 0 Å². The van der Waals surface area contributed by atoms with Gasteiger partial charge in [0.15, 0.2) is 0 Å². The standard InChI is InChI=1S/C24H34/c1-4-20-8-10-21(11-9-20)16-22-12-14-23(15-13-22)17-24-7-5-6-18(2)19(24)3/h5-8,10-11,20,22-23H,4,9,12-17H2,1-3H3. The molecule has 0 spiro atoms. The summed E-state index contributed by atoms with van der Waals surface area (Å²) >= 11 is 0. The van der Waals surface area contributed by atoms with Gasteiger partial charge in [-0.15, -0.1) is 0 Å². The molecule has 1 unspecified atom stereocenters. The Bertz CT molecular complexity index is 596. The van der Waals surface area contributed by atoms with E-state index in [9.17, 15) is 0 Å². The van der Waals surface area contributed by atoms with Crippen LogP contribution in [0.1, 0.15) is 68.6 Å². The van der Waals surface area contributed by atoms with Crippen molar-refractivity contribution in [2.45, 2.75) is 72.1 Å². The zero-order chi connectivity index (χ0) is 16.9. The van der Waals surface area contributed by atoms with Crippen LogP contribution < -0.4 is 0 Å². The Labute approximate surface area is 149 Å². The van der Waals surface area contributed by atoms with E-state index in [4.69, 9.17) is 0 Å². The minimum Gasteiger partial charge on any atom is -0.0809 e. The summed E-state index contributed by atoms with van der Waals surface area (Å²) in [5, 5.41) is 0. The molecule has 2 aliphatic rings. The third kappa shape index (κ3) is 4.41. The zero-order valence-electron chi connectivity index (χ0n) is 15.9. The van der Waals surface area contributed by atoms with Crippen LogP contribution in [0.25, 0.3) is 0 Å². The Kier molecular flexibility index (Phi) is 5.98. The van der Waals surface area contributed by atoms with Crippen molar-refractivity contribution in [2.24, 2.45) is 17.8 Å². The Morgan fingerprint density at radius 2 is 1.67 bits per heavy atom. The monoisotopic (exact) mass is 322 g/mol. The van der Waals surface area contributed by atoms with Crippen LogP contribution in [0.3, 0.4) is 0 Å². The first-order chi connectivity index (χ1) is 11.7. The lowest BCUT2D eigenvalue weighted by atomic mass is 9.76. The van der Waals surface area contributed by atoms with Crippen LogP contribution in [0.5, 0.6) is 0 Å². The third-order valence-electron chi connectivity index (χ3n) is 6.51. The minimum atomic E-state index is 0.794. The van der Waals surface area contributed by atoms with Gasteiger partial charge in [-0.3, -0.25) is 0 Å². The number of hydrogen-bond donors (Lipinski definition) is 0. The average molecular weight is 323 g/mol. The molecule has 1 aromatic rings. The van der Waals surface area contributed by atoms with E-state index >= 15 is 0 Å². The highest BCUT2D eigenvalue weighted by atomic mass is 14.3. The fraction of sp³-hybridized carbons (Fsp3) is 0.583. The van der Waals surface area contributed by atoms with Crippen molar-refractivity contribution >= 4 is 0 Å². The second-order valence-electron chi connectivity index (χ2n) is 8.20. The minimum absolute atomic E-state index is 0.794. The van der Waals surface area contributed by atoms with E-state index < -0.39 is 0 Å². The molecule has 0 N–H and O–H groups in total. The van der Waals surface area contributed by atoms with Crippen LogP contribution in [-0.4, -0.2) is 0 Å². The van der Waals surface area contributed by atoms with Crippen molar-refractivity contribution in [1.82, 2.24) is 0 Å². The third-order valence-corrected chi connectivity index (χ3v) is 6.51. The predicted molar refractivity (Wildman–Crippen MR) is 105 cm³/mol. The molecule has 0 heteroatoms. The molecule has 0 saturated heterocycles. The second-order valence-corrected chi connectivity index (χ2v) is 8.20. The van der Waals surface area contributed by atoms with Gasteiger partial charge >= 0.3 is 0 Å². The molecule has 1 atom stereocenters. The molecular weight excluding hydrogens is 288 g/mol. The molecule has 1 fully saturated rings. The van der Waals surface area contributed by atoms with Crippen molar-refractivity contribution in [1.29, 1.82) is 0 Å². The summed E-state index contributed by atoms with van der Waals surface area (Å²) in [4.78, 5) is 0. The van der Waals surface area contributed by atoms with Crippen molar-refractivity contribution < 1.29 is 0 Å². The molecule has 0 nitrogen and oxygen atoms in total. The van der Waals surface area contributed by atoms with Gasteiger partial charge in [-0.2, -0.15) is 0 Å². The number of hydrogen-bond acceptors (Lipinski definition) is 0. The molecule has 24 heavy (non-hydrogen) atoms. The first-order valence-electron chi connectivity index (χ1n) is 10.1. The summed E-state index contributed by atoms with van der Waals surface area (Å²) in [6, 6.07) is 6.81. The van der Waals surface area contributed by atoms with Crippen LogP contribution in [0.2, 0.25) is 0 Å². The second kappa shape index (κ2) is 8.19. The highest BCUT2D eigenvalue weighted by Crippen LogP contribution is 2.36. The van der Waals surface area contributed by atoms with Crippen molar-refractivity contribution in [3.05, 3.63) is 58.7 Å². The lowest BCUT2D eigenvalue weighted by Gasteiger charge is -2.30. The summed E-state index contributed by atoms with van der Waals surface area (Å²) in [6.45, 7) is 6.83. The average Bonchev–Trinajstić information content (AvgIpc) is 2.61. The molecule has 130 valence electrons. The Hall–Kier alpha value is -1.30. The highest BCUT2D eigenvalue weighted by molar-refractivity contribution is 5.33. The molecule has 0 bridgehead atoms. The SMILES string of the molecule is CCC1C=CC(CC2CCC(Cc3cccc(C)c3C)CC2)=CC1. The van der Waals surface area contributed by atoms with Gasteiger partial charge in [0.1, 0.15) is 0 Å². The summed E-state index contributed by atoms with van der Waals surface area (Å²) in [7, 11) is 0. The van der Waals surface area contributed by atoms with E-state index in [1.807, 2.05) is 0 Å². The van der Waals surface area contributed by atoms with Crippen molar-refractivity contribution in [2.75, 3.05) is 0 Å². The Morgan fingerprint density at radius 1 is 0.958 bits per heavy atom.